The minimum atomic E-state index is 0.662. The van der Waals surface area contributed by atoms with Crippen molar-refractivity contribution in [2.24, 2.45) is 5.92 Å². The smallest absolute Gasteiger partial charge is 0.0316 e. The molecular weight excluding hydrogens is 448 g/mol. The van der Waals surface area contributed by atoms with Gasteiger partial charge in [-0.05, 0) is 121 Å². The van der Waals surface area contributed by atoms with Crippen LogP contribution in [0.1, 0.15) is 70.7 Å². The number of aryl methyl sites for hydroxylation is 2. The van der Waals surface area contributed by atoms with E-state index in [2.05, 4.69) is 93.6 Å². The molecule has 0 spiro atoms. The summed E-state index contributed by atoms with van der Waals surface area (Å²) in [5.74, 6) is 0.662. The van der Waals surface area contributed by atoms with Crippen LogP contribution in [0.25, 0.3) is 0 Å². The Morgan fingerprint density at radius 1 is 0.568 bits per heavy atom. The van der Waals surface area contributed by atoms with Gasteiger partial charge in [0.2, 0.25) is 0 Å². The zero-order chi connectivity index (χ0) is 26.2. The maximum atomic E-state index is 5.92. The molecule has 2 nitrogen and oxygen atoms in total. The van der Waals surface area contributed by atoms with Gasteiger partial charge in [0.1, 0.15) is 0 Å². The average molecular weight is 491 g/mol. The largest absolute Gasteiger partial charge is 0.399 e. The van der Waals surface area contributed by atoms with Gasteiger partial charge < -0.3 is 11.5 Å². The lowest BCUT2D eigenvalue weighted by Gasteiger charge is -2.18. The fraction of sp³-hybridized carbons (Fsp3) is 0.314. The van der Waals surface area contributed by atoms with E-state index in [4.69, 9.17) is 11.5 Å². The molecule has 0 fully saturated rings. The minimum absolute atomic E-state index is 0.662. The maximum absolute atomic E-state index is 5.92. The Kier molecular flexibility index (Phi) is 9.06. The van der Waals surface area contributed by atoms with Crippen LogP contribution in [0.4, 0.5) is 11.4 Å². The molecule has 0 unspecified atom stereocenters. The monoisotopic (exact) mass is 490 g/mol. The van der Waals surface area contributed by atoms with Crippen LogP contribution >= 0.6 is 0 Å². The molecule has 0 radical (unpaired) electrons. The van der Waals surface area contributed by atoms with E-state index in [0.29, 0.717) is 5.92 Å². The van der Waals surface area contributed by atoms with Crippen molar-refractivity contribution in [3.8, 4) is 0 Å². The first kappa shape index (κ1) is 26.5. The second-order valence-electron chi connectivity index (χ2n) is 10.8. The third-order valence-electron chi connectivity index (χ3n) is 7.58. The van der Waals surface area contributed by atoms with Gasteiger partial charge in [-0.3, -0.25) is 0 Å². The normalized spacial score (nSPS) is 11.2. The SMILES string of the molecule is CCCCC(Cc1ccc(Cc2ccc(N)cc2C)cc1)Cc1ccc(Cc2ccc(N)cc2C)cc1. The number of hydrogen-bond donors (Lipinski definition) is 2. The highest BCUT2D eigenvalue weighted by Gasteiger charge is 2.12. The van der Waals surface area contributed by atoms with Crippen LogP contribution in [-0.2, 0) is 25.7 Å². The van der Waals surface area contributed by atoms with Gasteiger partial charge in [0, 0.05) is 11.4 Å². The average Bonchev–Trinajstić information content (AvgIpc) is 2.88. The third kappa shape index (κ3) is 7.73. The molecule has 192 valence electrons. The topological polar surface area (TPSA) is 52.0 Å². The lowest BCUT2D eigenvalue weighted by Crippen LogP contribution is -2.09. The summed E-state index contributed by atoms with van der Waals surface area (Å²) in [5.41, 5.74) is 24.3. The molecule has 0 heterocycles. The second kappa shape index (κ2) is 12.6. The van der Waals surface area contributed by atoms with Crippen molar-refractivity contribution in [1.29, 1.82) is 0 Å². The maximum Gasteiger partial charge on any atom is 0.0316 e. The summed E-state index contributed by atoms with van der Waals surface area (Å²) in [7, 11) is 0. The highest BCUT2D eigenvalue weighted by Crippen LogP contribution is 2.23. The molecule has 0 aromatic heterocycles. The summed E-state index contributed by atoms with van der Waals surface area (Å²) in [6.45, 7) is 6.58. The van der Waals surface area contributed by atoms with Crippen LogP contribution in [0, 0.1) is 19.8 Å². The second-order valence-corrected chi connectivity index (χ2v) is 10.8. The van der Waals surface area contributed by atoms with E-state index in [-0.39, 0.29) is 0 Å². The molecule has 0 atom stereocenters. The molecule has 2 heteroatoms. The minimum Gasteiger partial charge on any atom is -0.399 e. The van der Waals surface area contributed by atoms with Gasteiger partial charge in [-0.25, -0.2) is 0 Å². The highest BCUT2D eigenvalue weighted by atomic mass is 14.5. The number of anilines is 2. The molecule has 0 amide bonds. The molecule has 37 heavy (non-hydrogen) atoms. The van der Waals surface area contributed by atoms with E-state index in [1.165, 1.54) is 63.8 Å². The third-order valence-corrected chi connectivity index (χ3v) is 7.58. The van der Waals surface area contributed by atoms with Gasteiger partial charge in [0.05, 0.1) is 0 Å². The summed E-state index contributed by atoms with van der Waals surface area (Å²) in [4.78, 5) is 0. The summed E-state index contributed by atoms with van der Waals surface area (Å²) >= 11 is 0. The molecule has 4 aromatic carbocycles. The predicted octanol–water partition coefficient (Wildman–Crippen LogP) is 8.24. The summed E-state index contributed by atoms with van der Waals surface area (Å²) in [6.07, 6.45) is 7.97. The molecule has 0 bridgehead atoms. The number of benzene rings is 4. The first-order valence-corrected chi connectivity index (χ1v) is 13.7. The van der Waals surface area contributed by atoms with E-state index in [0.717, 1.165) is 37.1 Å². The van der Waals surface area contributed by atoms with Crippen molar-refractivity contribution < 1.29 is 0 Å². The first-order valence-electron chi connectivity index (χ1n) is 13.7. The van der Waals surface area contributed by atoms with Crippen LogP contribution < -0.4 is 11.5 Å². The Hall–Kier alpha value is -3.52. The van der Waals surface area contributed by atoms with Crippen molar-refractivity contribution in [2.75, 3.05) is 11.5 Å². The van der Waals surface area contributed by atoms with Gasteiger partial charge in [-0.1, -0.05) is 80.4 Å². The van der Waals surface area contributed by atoms with E-state index >= 15 is 0 Å². The van der Waals surface area contributed by atoms with Crippen LogP contribution in [-0.4, -0.2) is 0 Å². The van der Waals surface area contributed by atoms with E-state index in [9.17, 15) is 0 Å². The van der Waals surface area contributed by atoms with Crippen LogP contribution in [0.2, 0.25) is 0 Å². The van der Waals surface area contributed by atoms with Crippen molar-refractivity contribution in [3.05, 3.63) is 129 Å². The number of nitrogen functional groups attached to an aromatic ring is 2. The molecule has 0 aliphatic heterocycles. The summed E-state index contributed by atoms with van der Waals surface area (Å²) in [5, 5.41) is 0. The molecule has 4 rings (SSSR count). The van der Waals surface area contributed by atoms with Gasteiger partial charge in [0.25, 0.3) is 0 Å². The number of unbranched alkanes of at least 4 members (excludes halogenated alkanes) is 1. The Morgan fingerprint density at radius 3 is 1.35 bits per heavy atom. The zero-order valence-electron chi connectivity index (χ0n) is 22.8. The van der Waals surface area contributed by atoms with E-state index in [1.54, 1.807) is 0 Å². The fourth-order valence-electron chi connectivity index (χ4n) is 5.30. The van der Waals surface area contributed by atoms with Crippen LogP contribution in [0.15, 0.2) is 84.9 Å². The van der Waals surface area contributed by atoms with Crippen molar-refractivity contribution >= 4 is 11.4 Å². The van der Waals surface area contributed by atoms with Gasteiger partial charge in [-0.2, -0.15) is 0 Å². The fourth-order valence-corrected chi connectivity index (χ4v) is 5.30. The Labute approximate surface area is 223 Å². The lowest BCUT2D eigenvalue weighted by atomic mass is 9.87. The Balaban J connectivity index is 1.38. The van der Waals surface area contributed by atoms with E-state index in [1.807, 2.05) is 12.1 Å². The lowest BCUT2D eigenvalue weighted by molar-refractivity contribution is 0.460. The summed E-state index contributed by atoms with van der Waals surface area (Å²) < 4.78 is 0. The number of nitrogens with two attached hydrogens (primary N) is 2. The quantitative estimate of drug-likeness (QED) is 0.208. The molecule has 4 N–H and O–H groups in total. The van der Waals surface area contributed by atoms with Crippen LogP contribution in [0.5, 0.6) is 0 Å². The Morgan fingerprint density at radius 2 is 0.973 bits per heavy atom. The van der Waals surface area contributed by atoms with Crippen molar-refractivity contribution in [1.82, 2.24) is 0 Å². The number of rotatable bonds is 11. The number of hydrogen-bond acceptors (Lipinski definition) is 2. The zero-order valence-corrected chi connectivity index (χ0v) is 22.8. The standard InChI is InChI=1S/C35H42N2/c1-4-5-6-31(21-27-7-11-29(12-8-27)23-32-15-17-34(36)19-25(32)2)22-28-9-13-30(14-10-28)24-33-16-18-35(37)20-26(33)3/h7-20,31H,4-6,21-24,36-37H2,1-3H3. The van der Waals surface area contributed by atoms with Crippen molar-refractivity contribution in [3.63, 3.8) is 0 Å². The van der Waals surface area contributed by atoms with Crippen molar-refractivity contribution in [2.45, 2.75) is 65.7 Å². The summed E-state index contributed by atoms with van der Waals surface area (Å²) in [6, 6.07) is 31.0. The van der Waals surface area contributed by atoms with Gasteiger partial charge >= 0.3 is 0 Å². The van der Waals surface area contributed by atoms with E-state index < -0.39 is 0 Å². The molecule has 0 saturated heterocycles. The molecule has 0 aliphatic carbocycles. The molecule has 0 aliphatic rings. The molecule has 4 aromatic rings. The highest BCUT2D eigenvalue weighted by molar-refractivity contribution is 5.46. The molecule has 0 saturated carbocycles. The van der Waals surface area contributed by atoms with Gasteiger partial charge in [0.15, 0.2) is 0 Å². The molecular formula is C35H42N2. The van der Waals surface area contributed by atoms with Crippen LogP contribution in [0.3, 0.4) is 0 Å². The first-order chi connectivity index (χ1) is 17.9. The predicted molar refractivity (Wildman–Crippen MR) is 160 cm³/mol. The Bertz CT molecular complexity index is 1190. The van der Waals surface area contributed by atoms with Gasteiger partial charge in [-0.15, -0.1) is 0 Å².